The number of thiazole rings is 1. The quantitative estimate of drug-likeness (QED) is 0.837. The Labute approximate surface area is 100 Å². The van der Waals surface area contributed by atoms with E-state index in [-0.39, 0.29) is 0 Å². The summed E-state index contributed by atoms with van der Waals surface area (Å²) in [6.45, 7) is 6.05. The molecule has 1 heterocycles. The average Bonchev–Trinajstić information content (AvgIpc) is 2.44. The molecule has 0 radical (unpaired) electrons. The van der Waals surface area contributed by atoms with E-state index in [0.717, 1.165) is 17.1 Å². The summed E-state index contributed by atoms with van der Waals surface area (Å²) in [7, 11) is -3.19. The van der Waals surface area contributed by atoms with Crippen molar-refractivity contribution >= 4 is 26.5 Å². The molecule has 5 nitrogen and oxygen atoms in total. The van der Waals surface area contributed by atoms with E-state index < -0.39 is 15.6 Å². The van der Waals surface area contributed by atoms with E-state index in [1.807, 2.05) is 26.2 Å². The third-order valence-electron chi connectivity index (χ3n) is 1.76. The van der Waals surface area contributed by atoms with Gasteiger partial charge in [-0.2, -0.15) is 0 Å². The summed E-state index contributed by atoms with van der Waals surface area (Å²) in [5.41, 5.74) is 0.425. The van der Waals surface area contributed by atoms with Gasteiger partial charge in [-0.1, -0.05) is 0 Å². The van der Waals surface area contributed by atoms with Crippen molar-refractivity contribution in [1.82, 2.24) is 9.71 Å². The average molecular weight is 263 g/mol. The van der Waals surface area contributed by atoms with E-state index in [9.17, 15) is 8.42 Å². The third kappa shape index (κ3) is 4.91. The number of aromatic nitrogens is 1. The molecule has 0 spiro atoms. The molecule has 1 aromatic heterocycles. The fourth-order valence-corrected chi connectivity index (χ4v) is 3.03. The van der Waals surface area contributed by atoms with Crippen molar-refractivity contribution in [1.29, 1.82) is 0 Å². The molecule has 1 aromatic rings. The van der Waals surface area contributed by atoms with Gasteiger partial charge in [-0.05, 0) is 20.8 Å². The Kier molecular flexibility index (Phi) is 3.92. The standard InChI is InChI=1S/C9H17N3O2S2/c1-7-5-15-8(11-7)10-6-9(2,3)12-16(4,13)14/h5,12H,6H2,1-4H3,(H,10,11). The van der Waals surface area contributed by atoms with Crippen LogP contribution in [-0.4, -0.2) is 31.7 Å². The molecule has 0 aliphatic carbocycles. The van der Waals surface area contributed by atoms with E-state index in [4.69, 9.17) is 0 Å². The van der Waals surface area contributed by atoms with Crippen molar-refractivity contribution in [2.45, 2.75) is 26.3 Å². The van der Waals surface area contributed by atoms with Crippen LogP contribution >= 0.6 is 11.3 Å². The maximum atomic E-state index is 11.1. The minimum absolute atomic E-state index is 0.493. The molecule has 0 fully saturated rings. The zero-order valence-electron chi connectivity index (χ0n) is 9.86. The lowest BCUT2D eigenvalue weighted by molar-refractivity contribution is 0.476. The molecule has 7 heteroatoms. The number of rotatable bonds is 5. The largest absolute Gasteiger partial charge is 0.360 e. The summed E-state index contributed by atoms with van der Waals surface area (Å²) in [6, 6.07) is 0. The Morgan fingerprint density at radius 3 is 2.56 bits per heavy atom. The van der Waals surface area contributed by atoms with Crippen LogP contribution < -0.4 is 10.0 Å². The summed E-state index contributed by atoms with van der Waals surface area (Å²) in [5, 5.41) is 5.86. The number of sulfonamides is 1. The lowest BCUT2D eigenvalue weighted by atomic mass is 10.1. The summed E-state index contributed by atoms with van der Waals surface area (Å²) < 4.78 is 24.8. The van der Waals surface area contributed by atoms with Crippen LogP contribution in [0.2, 0.25) is 0 Å². The van der Waals surface area contributed by atoms with Gasteiger partial charge in [0.2, 0.25) is 10.0 Å². The smallest absolute Gasteiger partial charge is 0.209 e. The van der Waals surface area contributed by atoms with Gasteiger partial charge in [-0.25, -0.2) is 18.1 Å². The van der Waals surface area contributed by atoms with Gasteiger partial charge in [-0.15, -0.1) is 11.3 Å². The molecule has 0 saturated heterocycles. The molecule has 0 unspecified atom stereocenters. The summed E-state index contributed by atoms with van der Waals surface area (Å²) in [4.78, 5) is 4.24. The van der Waals surface area contributed by atoms with Gasteiger partial charge < -0.3 is 5.32 Å². The van der Waals surface area contributed by atoms with Crippen molar-refractivity contribution in [2.75, 3.05) is 18.1 Å². The van der Waals surface area contributed by atoms with Gasteiger partial charge in [0, 0.05) is 17.5 Å². The minimum Gasteiger partial charge on any atom is -0.360 e. The molecule has 1 rings (SSSR count). The summed E-state index contributed by atoms with van der Waals surface area (Å²) in [5.74, 6) is 0. The van der Waals surface area contributed by atoms with Gasteiger partial charge in [0.25, 0.3) is 0 Å². The van der Waals surface area contributed by atoms with Crippen molar-refractivity contribution in [3.63, 3.8) is 0 Å². The van der Waals surface area contributed by atoms with E-state index in [1.54, 1.807) is 0 Å². The van der Waals surface area contributed by atoms with E-state index in [0.29, 0.717) is 6.54 Å². The third-order valence-corrected chi connectivity index (χ3v) is 3.60. The lowest BCUT2D eigenvalue weighted by Gasteiger charge is -2.25. The Morgan fingerprint density at radius 2 is 2.12 bits per heavy atom. The highest BCUT2D eigenvalue weighted by Crippen LogP contribution is 2.15. The van der Waals surface area contributed by atoms with Gasteiger partial charge in [0.05, 0.1) is 11.9 Å². The van der Waals surface area contributed by atoms with Crippen molar-refractivity contribution in [2.24, 2.45) is 0 Å². The van der Waals surface area contributed by atoms with Crippen LogP contribution in [0.1, 0.15) is 19.5 Å². The molecule has 0 aliphatic rings. The normalized spacial score (nSPS) is 12.8. The molecule has 0 atom stereocenters. The second kappa shape index (κ2) is 4.68. The van der Waals surface area contributed by atoms with Crippen LogP contribution in [0.25, 0.3) is 0 Å². The Morgan fingerprint density at radius 1 is 1.50 bits per heavy atom. The zero-order valence-corrected chi connectivity index (χ0v) is 11.5. The number of aryl methyl sites for hydroxylation is 1. The first kappa shape index (κ1) is 13.4. The monoisotopic (exact) mass is 263 g/mol. The molecular formula is C9H17N3O2S2. The van der Waals surface area contributed by atoms with E-state index >= 15 is 0 Å². The Balaban J connectivity index is 2.54. The fraction of sp³-hybridized carbons (Fsp3) is 0.667. The van der Waals surface area contributed by atoms with E-state index in [1.165, 1.54) is 11.3 Å². The highest BCUT2D eigenvalue weighted by Gasteiger charge is 2.22. The predicted molar refractivity (Wildman–Crippen MR) is 67.4 cm³/mol. The van der Waals surface area contributed by atoms with Gasteiger partial charge in [-0.3, -0.25) is 0 Å². The molecule has 92 valence electrons. The summed E-state index contributed by atoms with van der Waals surface area (Å²) >= 11 is 1.51. The molecule has 0 amide bonds. The molecule has 2 N–H and O–H groups in total. The van der Waals surface area contributed by atoms with Crippen molar-refractivity contribution in [3.8, 4) is 0 Å². The van der Waals surface area contributed by atoms with Gasteiger partial charge >= 0.3 is 0 Å². The molecule has 0 bridgehead atoms. The molecule has 16 heavy (non-hydrogen) atoms. The lowest BCUT2D eigenvalue weighted by Crippen LogP contribution is -2.47. The van der Waals surface area contributed by atoms with Crippen LogP contribution in [0.5, 0.6) is 0 Å². The SMILES string of the molecule is Cc1csc(NCC(C)(C)NS(C)(=O)=O)n1. The summed E-state index contributed by atoms with van der Waals surface area (Å²) in [6.07, 6.45) is 1.16. The maximum absolute atomic E-state index is 11.1. The maximum Gasteiger partial charge on any atom is 0.209 e. The minimum atomic E-state index is -3.19. The Hall–Kier alpha value is -0.660. The highest BCUT2D eigenvalue weighted by molar-refractivity contribution is 7.88. The van der Waals surface area contributed by atoms with Gasteiger partial charge in [0.15, 0.2) is 5.13 Å². The molecule has 0 saturated carbocycles. The number of anilines is 1. The van der Waals surface area contributed by atoms with Crippen LogP contribution in [-0.2, 0) is 10.0 Å². The van der Waals surface area contributed by atoms with Gasteiger partial charge in [0.1, 0.15) is 0 Å². The van der Waals surface area contributed by atoms with Crippen LogP contribution in [0.15, 0.2) is 5.38 Å². The molecule has 0 aliphatic heterocycles. The van der Waals surface area contributed by atoms with Crippen molar-refractivity contribution in [3.05, 3.63) is 11.1 Å². The first-order chi connectivity index (χ1) is 7.18. The van der Waals surface area contributed by atoms with Crippen LogP contribution in [0.3, 0.4) is 0 Å². The number of hydrogen-bond donors (Lipinski definition) is 2. The second-order valence-corrected chi connectivity index (χ2v) is 7.01. The topological polar surface area (TPSA) is 71.1 Å². The molecular weight excluding hydrogens is 246 g/mol. The molecule has 0 aromatic carbocycles. The zero-order chi connectivity index (χ0) is 12.4. The Bertz CT molecular complexity index is 451. The predicted octanol–water partition coefficient (Wildman–Crippen LogP) is 1.19. The first-order valence-corrected chi connectivity index (χ1v) is 7.60. The first-order valence-electron chi connectivity index (χ1n) is 4.83. The number of hydrogen-bond acceptors (Lipinski definition) is 5. The van der Waals surface area contributed by atoms with Crippen molar-refractivity contribution < 1.29 is 8.42 Å². The van der Waals surface area contributed by atoms with Crippen LogP contribution in [0.4, 0.5) is 5.13 Å². The second-order valence-electron chi connectivity index (χ2n) is 4.41. The van der Waals surface area contributed by atoms with E-state index in [2.05, 4.69) is 15.0 Å². The fourth-order valence-electron chi connectivity index (χ4n) is 1.27. The number of nitrogens with one attached hydrogen (secondary N) is 2. The number of nitrogens with zero attached hydrogens (tertiary/aromatic N) is 1. The highest BCUT2D eigenvalue weighted by atomic mass is 32.2. The van der Waals surface area contributed by atoms with Crippen LogP contribution in [0, 0.1) is 6.92 Å².